The molecule has 26 valence electrons. The summed E-state index contributed by atoms with van der Waals surface area (Å²) in [5.41, 5.74) is 3.64. The van der Waals surface area contributed by atoms with Gasteiger partial charge in [0.15, 0.2) is 0 Å². The molecule has 1 nitrogen and oxygen atoms in total. The van der Waals surface area contributed by atoms with Crippen molar-refractivity contribution in [1.82, 2.24) is 0 Å². The van der Waals surface area contributed by atoms with Gasteiger partial charge >= 0.3 is 51.4 Å². The zero-order valence-electron chi connectivity index (χ0n) is 4.28. The standard InChI is InChI=1S/C3H9N.K/c1-3(2)4;/h3H,4H2,1-2H3;/q;+1/p+1. The zero-order chi connectivity index (χ0) is 3.58. The van der Waals surface area contributed by atoms with Crippen LogP contribution < -0.4 is 57.1 Å². The summed E-state index contributed by atoms with van der Waals surface area (Å²) in [6.07, 6.45) is 0. The van der Waals surface area contributed by atoms with Crippen molar-refractivity contribution in [3.8, 4) is 0 Å². The molecule has 0 aromatic carbocycles. The van der Waals surface area contributed by atoms with Crippen LogP contribution in [0.3, 0.4) is 0 Å². The third-order valence-electron chi connectivity index (χ3n) is 0. The second-order valence-corrected chi connectivity index (χ2v) is 1.39. The fourth-order valence-electron chi connectivity index (χ4n) is 0. The number of rotatable bonds is 0. The Labute approximate surface area is 75.7 Å². The van der Waals surface area contributed by atoms with E-state index >= 15 is 0 Å². The molecule has 0 atom stereocenters. The van der Waals surface area contributed by atoms with Crippen LogP contribution in [0.4, 0.5) is 0 Å². The molecule has 2 heteroatoms. The quantitative estimate of drug-likeness (QED) is 0.307. The van der Waals surface area contributed by atoms with E-state index in [-0.39, 0.29) is 51.4 Å². The average molecular weight is 99.2 g/mol. The second kappa shape index (κ2) is 5.60. The van der Waals surface area contributed by atoms with Crippen molar-refractivity contribution in [2.75, 3.05) is 0 Å². The van der Waals surface area contributed by atoms with Crippen LogP contribution in [0.2, 0.25) is 0 Å². The third-order valence-corrected chi connectivity index (χ3v) is 0. The Bertz CT molecular complexity index is 11.6. The molecule has 0 radical (unpaired) electrons. The Hall–Kier alpha value is 1.60. The van der Waals surface area contributed by atoms with Gasteiger partial charge in [-0.25, -0.2) is 0 Å². The second-order valence-electron chi connectivity index (χ2n) is 1.39. The molecule has 0 fully saturated rings. The fourth-order valence-corrected chi connectivity index (χ4v) is 0. The van der Waals surface area contributed by atoms with Crippen molar-refractivity contribution in [2.45, 2.75) is 19.9 Å². The van der Waals surface area contributed by atoms with Gasteiger partial charge in [0, 0.05) is 0 Å². The minimum atomic E-state index is 0. The first-order valence-electron chi connectivity index (χ1n) is 1.56. The monoisotopic (exact) mass is 99.0 g/mol. The summed E-state index contributed by atoms with van der Waals surface area (Å²) in [6.45, 7) is 4.11. The molecular formula is C3H10KN+2. The van der Waals surface area contributed by atoms with E-state index in [1.165, 1.54) is 0 Å². The smallest absolute Gasteiger partial charge is 0.356 e. The predicted molar refractivity (Wildman–Crippen MR) is 18.0 cm³/mol. The van der Waals surface area contributed by atoms with E-state index in [0.29, 0.717) is 6.04 Å². The van der Waals surface area contributed by atoms with Gasteiger partial charge < -0.3 is 5.73 Å². The van der Waals surface area contributed by atoms with Crippen molar-refractivity contribution in [3.05, 3.63) is 0 Å². The zero-order valence-corrected chi connectivity index (χ0v) is 7.41. The van der Waals surface area contributed by atoms with E-state index in [2.05, 4.69) is 19.6 Å². The summed E-state index contributed by atoms with van der Waals surface area (Å²) in [5.74, 6) is 0. The Morgan fingerprint density at radius 2 is 1.40 bits per heavy atom. The van der Waals surface area contributed by atoms with Crippen molar-refractivity contribution < 1.29 is 57.1 Å². The van der Waals surface area contributed by atoms with Gasteiger partial charge in [0.2, 0.25) is 0 Å². The van der Waals surface area contributed by atoms with Crippen LogP contribution in [-0.2, 0) is 0 Å². The van der Waals surface area contributed by atoms with Crippen LogP contribution in [0, 0.1) is 0 Å². The maximum atomic E-state index is 3.64. The van der Waals surface area contributed by atoms with E-state index in [4.69, 9.17) is 0 Å². The maximum Gasteiger partial charge on any atom is 1.00 e. The summed E-state index contributed by atoms with van der Waals surface area (Å²) in [6, 6.07) is 0.583. The van der Waals surface area contributed by atoms with Gasteiger partial charge in [-0.05, 0) is 13.8 Å². The number of hydrogen-bond donors (Lipinski definition) is 1. The first-order chi connectivity index (χ1) is 1.73. The molecule has 0 aliphatic heterocycles. The summed E-state index contributed by atoms with van der Waals surface area (Å²) in [4.78, 5) is 0. The fraction of sp³-hybridized carbons (Fsp3) is 1.00. The van der Waals surface area contributed by atoms with Crippen LogP contribution in [0.1, 0.15) is 13.8 Å². The minimum Gasteiger partial charge on any atom is -0.356 e. The van der Waals surface area contributed by atoms with Gasteiger partial charge in [0.1, 0.15) is 0 Å². The van der Waals surface area contributed by atoms with E-state index < -0.39 is 0 Å². The molecule has 0 aromatic heterocycles. The molecule has 0 aliphatic rings. The Kier molecular flexibility index (Phi) is 10.9. The van der Waals surface area contributed by atoms with Crippen LogP contribution >= 0.6 is 0 Å². The SMILES string of the molecule is CC(C)[NH3+].[K+]. The van der Waals surface area contributed by atoms with Gasteiger partial charge in [0.25, 0.3) is 0 Å². The van der Waals surface area contributed by atoms with Gasteiger partial charge in [-0.1, -0.05) is 0 Å². The minimum absolute atomic E-state index is 0. The molecule has 3 N–H and O–H groups in total. The molecular weight excluding hydrogens is 89.1 g/mol. The van der Waals surface area contributed by atoms with Crippen LogP contribution in [0.25, 0.3) is 0 Å². The van der Waals surface area contributed by atoms with Crippen LogP contribution in [-0.4, -0.2) is 6.04 Å². The van der Waals surface area contributed by atoms with Crippen molar-refractivity contribution >= 4 is 0 Å². The van der Waals surface area contributed by atoms with Gasteiger partial charge in [-0.3, -0.25) is 0 Å². The molecule has 0 saturated carbocycles. The maximum absolute atomic E-state index is 3.64. The van der Waals surface area contributed by atoms with Gasteiger partial charge in [-0.2, -0.15) is 0 Å². The first kappa shape index (κ1) is 9.78. The molecule has 0 bridgehead atoms. The normalized spacial score (nSPS) is 7.20. The van der Waals surface area contributed by atoms with Gasteiger partial charge in [-0.15, -0.1) is 0 Å². The van der Waals surface area contributed by atoms with E-state index in [1.54, 1.807) is 0 Å². The van der Waals surface area contributed by atoms with Crippen LogP contribution in [0.15, 0.2) is 0 Å². The predicted octanol–water partition coefficient (Wildman–Crippen LogP) is -3.36. The number of quaternary nitrogens is 1. The molecule has 0 heterocycles. The molecule has 0 saturated heterocycles. The first-order valence-corrected chi connectivity index (χ1v) is 1.56. The summed E-state index contributed by atoms with van der Waals surface area (Å²) < 4.78 is 0. The molecule has 0 rings (SSSR count). The Balaban J connectivity index is 0. The van der Waals surface area contributed by atoms with E-state index in [0.717, 1.165) is 0 Å². The largest absolute Gasteiger partial charge is 1.00 e. The molecule has 0 unspecified atom stereocenters. The topological polar surface area (TPSA) is 27.6 Å². The molecule has 0 spiro atoms. The van der Waals surface area contributed by atoms with Crippen molar-refractivity contribution in [1.29, 1.82) is 0 Å². The Morgan fingerprint density at radius 3 is 1.40 bits per heavy atom. The molecule has 0 amide bonds. The number of hydrogen-bond acceptors (Lipinski definition) is 0. The molecule has 0 aliphatic carbocycles. The summed E-state index contributed by atoms with van der Waals surface area (Å²) in [7, 11) is 0. The molecule has 0 aromatic rings. The van der Waals surface area contributed by atoms with Gasteiger partial charge in [0.05, 0.1) is 6.04 Å². The Morgan fingerprint density at radius 1 is 1.40 bits per heavy atom. The van der Waals surface area contributed by atoms with E-state index in [9.17, 15) is 0 Å². The van der Waals surface area contributed by atoms with Crippen molar-refractivity contribution in [3.63, 3.8) is 0 Å². The van der Waals surface area contributed by atoms with Crippen LogP contribution in [0.5, 0.6) is 0 Å². The van der Waals surface area contributed by atoms with Crippen molar-refractivity contribution in [2.24, 2.45) is 0 Å². The summed E-state index contributed by atoms with van der Waals surface area (Å²) >= 11 is 0. The average Bonchev–Trinajstić information content (AvgIpc) is 0.811. The van der Waals surface area contributed by atoms with E-state index in [1.807, 2.05) is 0 Å². The summed E-state index contributed by atoms with van der Waals surface area (Å²) in [5, 5.41) is 0. The molecule has 5 heavy (non-hydrogen) atoms. The third kappa shape index (κ3) is 28.4.